The van der Waals surface area contributed by atoms with Crippen LogP contribution in [0, 0.1) is 6.92 Å². The standard InChI is InChI=1S/C14H21ClN4O/c1-9-12(15)8-19(18-9)11-3-2-6-14(7-11,13(16)20)17-10-4-5-10/h8,10-11,17H,2-7H2,1H3,(H2,16,20). The molecule has 0 bridgehead atoms. The molecule has 0 spiro atoms. The summed E-state index contributed by atoms with van der Waals surface area (Å²) in [6, 6.07) is 0.651. The molecule has 2 fully saturated rings. The van der Waals surface area contributed by atoms with E-state index < -0.39 is 5.54 Å². The highest BCUT2D eigenvalue weighted by molar-refractivity contribution is 6.31. The molecule has 2 saturated carbocycles. The number of rotatable bonds is 4. The van der Waals surface area contributed by atoms with Crippen LogP contribution >= 0.6 is 11.6 Å². The summed E-state index contributed by atoms with van der Waals surface area (Å²) in [5.74, 6) is -0.232. The average molecular weight is 297 g/mol. The van der Waals surface area contributed by atoms with Crippen LogP contribution in [0.1, 0.15) is 50.3 Å². The van der Waals surface area contributed by atoms with E-state index in [0.717, 1.165) is 37.8 Å². The van der Waals surface area contributed by atoms with Crippen molar-refractivity contribution in [3.05, 3.63) is 16.9 Å². The Hall–Kier alpha value is -1.07. The predicted molar refractivity (Wildman–Crippen MR) is 77.6 cm³/mol. The Morgan fingerprint density at radius 3 is 2.85 bits per heavy atom. The molecule has 20 heavy (non-hydrogen) atoms. The summed E-state index contributed by atoms with van der Waals surface area (Å²) < 4.78 is 1.91. The quantitative estimate of drug-likeness (QED) is 0.892. The first-order valence-corrected chi connectivity index (χ1v) is 7.67. The van der Waals surface area contributed by atoms with E-state index in [9.17, 15) is 4.79 Å². The molecule has 2 aliphatic carbocycles. The van der Waals surface area contributed by atoms with Crippen LogP contribution in [0.4, 0.5) is 0 Å². The molecule has 1 aromatic rings. The number of hydrogen-bond acceptors (Lipinski definition) is 3. The van der Waals surface area contributed by atoms with Gasteiger partial charge in [-0.15, -0.1) is 0 Å². The van der Waals surface area contributed by atoms with Crippen LogP contribution in [0.15, 0.2) is 6.20 Å². The van der Waals surface area contributed by atoms with Crippen LogP contribution in [0.3, 0.4) is 0 Å². The second-order valence-electron chi connectivity index (χ2n) is 6.16. The highest BCUT2D eigenvalue weighted by Crippen LogP contribution is 2.38. The van der Waals surface area contributed by atoms with Crippen molar-refractivity contribution in [1.82, 2.24) is 15.1 Å². The molecule has 1 amide bonds. The van der Waals surface area contributed by atoms with Crippen LogP contribution in [0.5, 0.6) is 0 Å². The molecule has 2 aliphatic rings. The summed E-state index contributed by atoms with van der Waals surface area (Å²) in [6.45, 7) is 1.89. The maximum absolute atomic E-state index is 12.0. The van der Waals surface area contributed by atoms with Crippen molar-refractivity contribution in [2.24, 2.45) is 5.73 Å². The second kappa shape index (κ2) is 5.04. The number of amides is 1. The average Bonchev–Trinajstić information content (AvgIpc) is 3.15. The van der Waals surface area contributed by atoms with Gasteiger partial charge in [0.25, 0.3) is 0 Å². The molecule has 0 aromatic carbocycles. The minimum absolute atomic E-state index is 0.189. The van der Waals surface area contributed by atoms with Gasteiger partial charge in [0, 0.05) is 12.2 Å². The van der Waals surface area contributed by atoms with Crippen LogP contribution in [0.25, 0.3) is 0 Å². The molecular weight excluding hydrogens is 276 g/mol. The number of nitrogens with two attached hydrogens (primary N) is 1. The van der Waals surface area contributed by atoms with Gasteiger partial charge in [0.1, 0.15) is 0 Å². The lowest BCUT2D eigenvalue weighted by atomic mass is 9.78. The van der Waals surface area contributed by atoms with E-state index in [2.05, 4.69) is 10.4 Å². The lowest BCUT2D eigenvalue weighted by Gasteiger charge is -2.39. The Morgan fingerprint density at radius 1 is 1.55 bits per heavy atom. The molecule has 3 rings (SSSR count). The van der Waals surface area contributed by atoms with Crippen LogP contribution in [-0.4, -0.2) is 27.3 Å². The van der Waals surface area contributed by atoms with E-state index in [-0.39, 0.29) is 11.9 Å². The number of primary amides is 1. The number of carbonyl (C=O) groups is 1. The highest BCUT2D eigenvalue weighted by Gasteiger charge is 2.45. The van der Waals surface area contributed by atoms with Gasteiger partial charge in [0.05, 0.1) is 22.3 Å². The van der Waals surface area contributed by atoms with E-state index in [1.807, 2.05) is 17.8 Å². The Morgan fingerprint density at radius 2 is 2.30 bits per heavy atom. The van der Waals surface area contributed by atoms with Crippen molar-refractivity contribution >= 4 is 17.5 Å². The van der Waals surface area contributed by atoms with E-state index in [1.165, 1.54) is 0 Å². The van der Waals surface area contributed by atoms with Crippen molar-refractivity contribution in [3.63, 3.8) is 0 Å². The van der Waals surface area contributed by atoms with Gasteiger partial charge in [-0.05, 0) is 45.4 Å². The Kier molecular flexibility index (Phi) is 3.50. The van der Waals surface area contributed by atoms with Gasteiger partial charge in [-0.3, -0.25) is 9.48 Å². The van der Waals surface area contributed by atoms with Crippen molar-refractivity contribution < 1.29 is 4.79 Å². The second-order valence-corrected chi connectivity index (χ2v) is 6.56. The molecule has 6 heteroatoms. The summed E-state index contributed by atoms with van der Waals surface area (Å²) in [4.78, 5) is 12.0. The molecular formula is C14H21ClN4O. The van der Waals surface area contributed by atoms with Crippen molar-refractivity contribution in [1.29, 1.82) is 0 Å². The third-order valence-corrected chi connectivity index (χ3v) is 4.86. The predicted octanol–water partition coefficient (Wildman–Crippen LogP) is 1.94. The van der Waals surface area contributed by atoms with Gasteiger partial charge in [0.2, 0.25) is 5.91 Å². The Labute approximate surface area is 123 Å². The molecule has 0 radical (unpaired) electrons. The number of carbonyl (C=O) groups excluding carboxylic acids is 1. The fraction of sp³-hybridized carbons (Fsp3) is 0.714. The first kappa shape index (κ1) is 13.9. The topological polar surface area (TPSA) is 72.9 Å². The number of hydrogen-bond donors (Lipinski definition) is 2. The maximum atomic E-state index is 12.0. The molecule has 110 valence electrons. The molecule has 1 heterocycles. The van der Waals surface area contributed by atoms with Crippen molar-refractivity contribution in [2.45, 2.75) is 63.1 Å². The molecule has 0 aliphatic heterocycles. The lowest BCUT2D eigenvalue weighted by Crippen LogP contribution is -2.58. The molecule has 0 saturated heterocycles. The molecule has 3 N–H and O–H groups in total. The normalized spacial score (nSPS) is 30.4. The largest absolute Gasteiger partial charge is 0.368 e. The van der Waals surface area contributed by atoms with Gasteiger partial charge < -0.3 is 11.1 Å². The van der Waals surface area contributed by atoms with E-state index in [4.69, 9.17) is 17.3 Å². The monoisotopic (exact) mass is 296 g/mol. The Balaban J connectivity index is 1.81. The zero-order chi connectivity index (χ0) is 14.3. The summed E-state index contributed by atoms with van der Waals surface area (Å²) in [5.41, 5.74) is 5.95. The molecule has 2 unspecified atom stereocenters. The van der Waals surface area contributed by atoms with Crippen molar-refractivity contribution in [2.75, 3.05) is 0 Å². The number of aromatic nitrogens is 2. The van der Waals surface area contributed by atoms with Gasteiger partial charge >= 0.3 is 0 Å². The smallest absolute Gasteiger partial charge is 0.237 e. The van der Waals surface area contributed by atoms with Crippen LogP contribution in [0.2, 0.25) is 5.02 Å². The van der Waals surface area contributed by atoms with E-state index in [0.29, 0.717) is 17.5 Å². The van der Waals surface area contributed by atoms with Gasteiger partial charge in [0.15, 0.2) is 0 Å². The summed E-state index contributed by atoms with van der Waals surface area (Å²) in [7, 11) is 0. The van der Waals surface area contributed by atoms with E-state index >= 15 is 0 Å². The number of aryl methyl sites for hydroxylation is 1. The number of nitrogens with one attached hydrogen (secondary N) is 1. The Bertz CT molecular complexity index is 506. The molecule has 2 atom stereocenters. The first-order chi connectivity index (χ1) is 9.50. The SMILES string of the molecule is Cc1nn(C2CCCC(NC3CC3)(C(N)=O)C2)cc1Cl. The summed E-state index contributed by atoms with van der Waals surface area (Å²) in [6.07, 6.45) is 7.66. The van der Waals surface area contributed by atoms with Gasteiger partial charge in [-0.25, -0.2) is 0 Å². The summed E-state index contributed by atoms with van der Waals surface area (Å²) >= 11 is 6.09. The zero-order valence-corrected chi connectivity index (χ0v) is 12.5. The first-order valence-electron chi connectivity index (χ1n) is 7.29. The third kappa shape index (κ3) is 2.56. The van der Waals surface area contributed by atoms with Crippen LogP contribution in [-0.2, 0) is 4.79 Å². The van der Waals surface area contributed by atoms with Crippen molar-refractivity contribution in [3.8, 4) is 0 Å². The minimum Gasteiger partial charge on any atom is -0.368 e. The zero-order valence-electron chi connectivity index (χ0n) is 11.7. The molecule has 1 aromatic heterocycles. The minimum atomic E-state index is -0.573. The highest BCUT2D eigenvalue weighted by atomic mass is 35.5. The van der Waals surface area contributed by atoms with Gasteiger partial charge in [-0.1, -0.05) is 11.6 Å². The fourth-order valence-corrected chi connectivity index (χ4v) is 3.30. The number of nitrogens with zero attached hydrogens (tertiary/aromatic N) is 2. The third-order valence-electron chi connectivity index (χ3n) is 4.49. The number of halogens is 1. The lowest BCUT2D eigenvalue weighted by molar-refractivity contribution is -0.126. The molecule has 5 nitrogen and oxygen atoms in total. The van der Waals surface area contributed by atoms with Crippen LogP contribution < -0.4 is 11.1 Å². The van der Waals surface area contributed by atoms with E-state index in [1.54, 1.807) is 0 Å². The van der Waals surface area contributed by atoms with Gasteiger partial charge in [-0.2, -0.15) is 5.10 Å². The fourth-order valence-electron chi connectivity index (χ4n) is 3.16. The summed E-state index contributed by atoms with van der Waals surface area (Å²) in [5, 5.41) is 8.61. The maximum Gasteiger partial charge on any atom is 0.237 e.